The Morgan fingerprint density at radius 3 is 3.09 bits per heavy atom. The van der Waals surface area contributed by atoms with Gasteiger partial charge < -0.3 is 0 Å². The molecule has 2 rings (SSSR count). The number of tetrazole rings is 2. The largest absolute Gasteiger partial charge is 0.241 e. The van der Waals surface area contributed by atoms with Crippen LogP contribution >= 0.6 is 0 Å². The molecule has 1 radical (unpaired) electrons. The van der Waals surface area contributed by atoms with E-state index in [1.807, 2.05) is 0 Å². The molecule has 0 aliphatic rings. The fourth-order valence-corrected chi connectivity index (χ4v) is 0.615. The smallest absolute Gasteiger partial charge is 0.222 e. The van der Waals surface area contributed by atoms with Crippen LogP contribution in [0.25, 0.3) is 0 Å². The predicted molar refractivity (Wildman–Crippen MR) is 29.9 cm³/mol. The molecule has 2 aromatic rings. The summed E-state index contributed by atoms with van der Waals surface area (Å²) in [4.78, 5) is 0. The third-order valence-electron chi connectivity index (χ3n) is 1.04. The number of rotatable bonds is 2. The summed E-state index contributed by atoms with van der Waals surface area (Å²) < 4.78 is 1.39. The summed E-state index contributed by atoms with van der Waals surface area (Å²) in [5, 5.41) is 23.3. The molecular formula is C3H3N8. The molecule has 8 nitrogen and oxygen atoms in total. The Morgan fingerprint density at radius 1 is 1.45 bits per heavy atom. The highest BCUT2D eigenvalue weighted by Gasteiger charge is 1.98. The minimum atomic E-state index is 0.403. The van der Waals surface area contributed by atoms with Crippen molar-refractivity contribution in [2.75, 3.05) is 0 Å². The van der Waals surface area contributed by atoms with Gasteiger partial charge in [0.25, 0.3) is 0 Å². The van der Waals surface area contributed by atoms with Gasteiger partial charge in [0.2, 0.25) is 6.33 Å². The van der Waals surface area contributed by atoms with Crippen LogP contribution in [0, 0.1) is 6.33 Å². The van der Waals surface area contributed by atoms with E-state index in [4.69, 9.17) is 0 Å². The van der Waals surface area contributed by atoms with Gasteiger partial charge in [0.15, 0.2) is 5.82 Å². The molecule has 0 fully saturated rings. The van der Waals surface area contributed by atoms with Gasteiger partial charge in [0, 0.05) is 0 Å². The number of aromatic nitrogens is 8. The monoisotopic (exact) mass is 151 g/mol. The molecule has 0 aliphatic carbocycles. The quantitative estimate of drug-likeness (QED) is 0.534. The Morgan fingerprint density at radius 2 is 2.45 bits per heavy atom. The SMILES string of the molecule is [c]1nnnn1Cc1nnn[nH]1. The predicted octanol–water partition coefficient (Wildman–Crippen LogP) is -1.97. The van der Waals surface area contributed by atoms with E-state index in [1.165, 1.54) is 4.68 Å². The van der Waals surface area contributed by atoms with Crippen LogP contribution in [0.15, 0.2) is 0 Å². The van der Waals surface area contributed by atoms with Crippen LogP contribution in [0.2, 0.25) is 0 Å². The summed E-state index contributed by atoms with van der Waals surface area (Å²) in [6.07, 6.45) is 2.50. The van der Waals surface area contributed by atoms with Crippen molar-refractivity contribution < 1.29 is 0 Å². The molecule has 11 heavy (non-hydrogen) atoms. The summed E-state index contributed by atoms with van der Waals surface area (Å²) in [6, 6.07) is 0. The Hall–Kier alpha value is -1.86. The summed E-state index contributed by atoms with van der Waals surface area (Å²) in [7, 11) is 0. The molecular weight excluding hydrogens is 148 g/mol. The Kier molecular flexibility index (Phi) is 1.29. The molecule has 0 saturated heterocycles. The van der Waals surface area contributed by atoms with Crippen LogP contribution in [0.3, 0.4) is 0 Å². The fraction of sp³-hybridized carbons (Fsp3) is 0.333. The lowest BCUT2D eigenvalue weighted by atomic mass is 10.6. The fourth-order valence-electron chi connectivity index (χ4n) is 0.615. The number of aromatic amines is 1. The van der Waals surface area contributed by atoms with Crippen molar-refractivity contribution in [3.63, 3.8) is 0 Å². The van der Waals surface area contributed by atoms with Crippen LogP contribution in [0.5, 0.6) is 0 Å². The molecule has 1 N–H and O–H groups in total. The van der Waals surface area contributed by atoms with Crippen molar-refractivity contribution in [1.82, 2.24) is 40.8 Å². The van der Waals surface area contributed by atoms with Crippen molar-refractivity contribution >= 4 is 0 Å². The normalized spacial score (nSPS) is 10.2. The highest BCUT2D eigenvalue weighted by molar-refractivity contribution is 4.74. The van der Waals surface area contributed by atoms with Crippen molar-refractivity contribution in [3.05, 3.63) is 12.2 Å². The summed E-state index contributed by atoms with van der Waals surface area (Å²) >= 11 is 0. The van der Waals surface area contributed by atoms with Crippen molar-refractivity contribution in [2.45, 2.75) is 6.54 Å². The standard InChI is InChI=1S/C3H3N8/c1(3-5-8-9-6-3)11-2-4-7-10-11/h1H2,(H,5,6,8,9). The number of H-pyrrole nitrogens is 1. The molecule has 2 aromatic heterocycles. The van der Waals surface area contributed by atoms with E-state index in [9.17, 15) is 0 Å². The average Bonchev–Trinajstić information content (AvgIpc) is 2.60. The lowest BCUT2D eigenvalue weighted by molar-refractivity contribution is 0.621. The Labute approximate surface area is 60.6 Å². The van der Waals surface area contributed by atoms with Gasteiger partial charge in [-0.3, -0.25) is 0 Å². The molecule has 0 aromatic carbocycles. The molecule has 0 amide bonds. The van der Waals surface area contributed by atoms with E-state index < -0.39 is 0 Å². The van der Waals surface area contributed by atoms with Gasteiger partial charge in [-0.1, -0.05) is 0 Å². The molecule has 55 valence electrons. The second-order valence-corrected chi connectivity index (χ2v) is 1.78. The van der Waals surface area contributed by atoms with Crippen molar-refractivity contribution in [2.24, 2.45) is 0 Å². The summed E-state index contributed by atoms with van der Waals surface area (Å²) in [6.45, 7) is 0.403. The Bertz CT molecular complexity index is 262. The number of hydrogen-bond acceptors (Lipinski definition) is 6. The molecule has 0 aliphatic heterocycles. The highest BCUT2D eigenvalue weighted by Crippen LogP contribution is 1.85. The van der Waals surface area contributed by atoms with Gasteiger partial charge in [0.1, 0.15) is 6.54 Å². The van der Waals surface area contributed by atoms with Crippen LogP contribution in [-0.2, 0) is 6.54 Å². The molecule has 0 atom stereocenters. The first-order chi connectivity index (χ1) is 5.45. The van der Waals surface area contributed by atoms with Crippen molar-refractivity contribution in [1.29, 1.82) is 0 Å². The summed E-state index contributed by atoms with van der Waals surface area (Å²) in [5.74, 6) is 0.591. The van der Waals surface area contributed by atoms with Crippen LogP contribution in [0.1, 0.15) is 5.82 Å². The number of nitrogens with one attached hydrogen (secondary N) is 1. The maximum Gasteiger partial charge on any atom is 0.222 e. The minimum absolute atomic E-state index is 0.403. The minimum Gasteiger partial charge on any atom is -0.241 e. The molecule has 8 heteroatoms. The summed E-state index contributed by atoms with van der Waals surface area (Å²) in [5.41, 5.74) is 0. The third-order valence-corrected chi connectivity index (χ3v) is 1.04. The molecule has 0 unspecified atom stereocenters. The molecule has 2 heterocycles. The maximum atomic E-state index is 3.64. The Balaban J connectivity index is 2.14. The topological polar surface area (TPSA) is 98.1 Å². The number of nitrogens with zero attached hydrogens (tertiary/aromatic N) is 7. The van der Waals surface area contributed by atoms with E-state index in [2.05, 4.69) is 42.5 Å². The third kappa shape index (κ3) is 1.18. The molecule has 0 spiro atoms. The first-order valence-corrected chi connectivity index (χ1v) is 2.81. The first kappa shape index (κ1) is 5.89. The maximum absolute atomic E-state index is 3.64. The van der Waals surface area contributed by atoms with Gasteiger partial charge >= 0.3 is 0 Å². The van der Waals surface area contributed by atoms with E-state index in [0.29, 0.717) is 12.4 Å². The van der Waals surface area contributed by atoms with Crippen LogP contribution < -0.4 is 0 Å². The van der Waals surface area contributed by atoms with Crippen LogP contribution in [0.4, 0.5) is 0 Å². The number of hydrogen-bond donors (Lipinski definition) is 1. The highest BCUT2D eigenvalue weighted by atomic mass is 15.5. The van der Waals surface area contributed by atoms with Gasteiger partial charge in [-0.2, -0.15) is 0 Å². The van der Waals surface area contributed by atoms with E-state index in [1.54, 1.807) is 0 Å². The zero-order valence-corrected chi connectivity index (χ0v) is 5.34. The van der Waals surface area contributed by atoms with Crippen LogP contribution in [-0.4, -0.2) is 40.8 Å². The van der Waals surface area contributed by atoms with Gasteiger partial charge in [-0.25, -0.2) is 9.78 Å². The lowest BCUT2D eigenvalue weighted by Gasteiger charge is -1.89. The van der Waals surface area contributed by atoms with E-state index >= 15 is 0 Å². The zero-order valence-electron chi connectivity index (χ0n) is 5.34. The zero-order chi connectivity index (χ0) is 7.52. The van der Waals surface area contributed by atoms with Crippen molar-refractivity contribution in [3.8, 4) is 0 Å². The lowest BCUT2D eigenvalue weighted by Crippen LogP contribution is -2.02. The molecule has 0 saturated carbocycles. The van der Waals surface area contributed by atoms with E-state index in [-0.39, 0.29) is 0 Å². The van der Waals surface area contributed by atoms with E-state index in [0.717, 1.165) is 0 Å². The first-order valence-electron chi connectivity index (χ1n) is 2.81. The van der Waals surface area contributed by atoms with Gasteiger partial charge in [0.05, 0.1) is 0 Å². The average molecular weight is 151 g/mol. The second-order valence-electron chi connectivity index (χ2n) is 1.78. The van der Waals surface area contributed by atoms with Gasteiger partial charge in [-0.15, -0.1) is 10.2 Å². The molecule has 0 bridgehead atoms. The van der Waals surface area contributed by atoms with Gasteiger partial charge in [-0.05, 0) is 20.9 Å². The second kappa shape index (κ2) is 2.40.